The molecular weight excluding hydrogens is 283 g/mol. The van der Waals surface area contributed by atoms with Crippen LogP contribution in [0.2, 0.25) is 0 Å². The highest BCUT2D eigenvalue weighted by Crippen LogP contribution is 2.19. The lowest BCUT2D eigenvalue weighted by Crippen LogP contribution is -2.46. The Balaban J connectivity index is 2.07. The minimum absolute atomic E-state index is 0.289. The molecule has 1 aromatic carbocycles. The molecule has 0 N–H and O–H groups in total. The number of non-ortho nitro benzene ring substituents is 1. The smallest absolute Gasteiger partial charge is 0.336 e. The zero-order chi connectivity index (χ0) is 15.4. The van der Waals surface area contributed by atoms with Crippen LogP contribution < -0.4 is 0 Å². The zero-order valence-corrected chi connectivity index (χ0v) is 11.5. The van der Waals surface area contributed by atoms with Crippen molar-refractivity contribution in [1.29, 1.82) is 0 Å². The second-order valence-electron chi connectivity index (χ2n) is 4.69. The van der Waals surface area contributed by atoms with Crippen LogP contribution in [0, 0.1) is 15.9 Å². The summed E-state index contributed by atoms with van der Waals surface area (Å²) in [7, 11) is 1.28. The lowest BCUT2D eigenvalue weighted by molar-refractivity contribution is -0.385. The summed E-state index contributed by atoms with van der Waals surface area (Å²) >= 11 is 0. The van der Waals surface area contributed by atoms with Crippen LogP contribution in [-0.4, -0.2) is 48.7 Å². The van der Waals surface area contributed by atoms with Gasteiger partial charge in [-0.15, -0.1) is 0 Å². The molecule has 21 heavy (non-hydrogen) atoms. The molecule has 1 unspecified atom stereocenters. The molecule has 1 aromatic rings. The largest absolute Gasteiger partial charge is 0.467 e. The molecule has 0 aliphatic carbocycles. The number of benzene rings is 1. The normalized spacial score (nSPS) is 19.2. The molecule has 7 nitrogen and oxygen atoms in total. The van der Waals surface area contributed by atoms with Gasteiger partial charge in [0, 0.05) is 25.7 Å². The van der Waals surface area contributed by atoms with E-state index in [0.717, 1.165) is 6.07 Å². The number of nitro benzene ring substituents is 1. The quantitative estimate of drug-likeness (QED) is 0.470. The van der Waals surface area contributed by atoms with E-state index in [9.17, 15) is 19.3 Å². The van der Waals surface area contributed by atoms with Crippen LogP contribution in [0.4, 0.5) is 10.1 Å². The SMILES string of the molecule is COC(=O)C1CN(Cc2cc(F)cc([N+](=O)[O-])c2)CCO1. The van der Waals surface area contributed by atoms with Gasteiger partial charge in [0.1, 0.15) is 5.82 Å². The standard InChI is InChI=1S/C13H15FN2O5/c1-20-13(17)12-8-15(2-3-21-12)7-9-4-10(14)6-11(5-9)16(18)19/h4-6,12H,2-3,7-8H2,1H3. The number of carbonyl (C=O) groups is 1. The molecule has 1 saturated heterocycles. The summed E-state index contributed by atoms with van der Waals surface area (Å²) in [6.45, 7) is 1.50. The molecule has 1 heterocycles. The van der Waals surface area contributed by atoms with Crippen molar-refractivity contribution in [3.8, 4) is 0 Å². The maximum atomic E-state index is 13.4. The summed E-state index contributed by atoms with van der Waals surface area (Å²) in [5.41, 5.74) is 0.190. The van der Waals surface area contributed by atoms with Crippen LogP contribution >= 0.6 is 0 Å². The molecule has 1 aliphatic heterocycles. The fourth-order valence-corrected chi connectivity index (χ4v) is 2.21. The fraction of sp³-hybridized carbons (Fsp3) is 0.462. The summed E-state index contributed by atoms with van der Waals surface area (Å²) in [5.74, 6) is -1.12. The van der Waals surface area contributed by atoms with Crippen LogP contribution in [0.5, 0.6) is 0 Å². The fourth-order valence-electron chi connectivity index (χ4n) is 2.21. The van der Waals surface area contributed by atoms with Gasteiger partial charge in [0.2, 0.25) is 0 Å². The molecule has 1 atom stereocenters. The number of rotatable bonds is 4. The van der Waals surface area contributed by atoms with E-state index < -0.39 is 22.8 Å². The predicted octanol–water partition coefficient (Wildman–Crippen LogP) is 1.11. The molecule has 114 valence electrons. The second-order valence-corrected chi connectivity index (χ2v) is 4.69. The van der Waals surface area contributed by atoms with Gasteiger partial charge in [0.25, 0.3) is 5.69 Å². The Bertz CT molecular complexity index is 551. The Morgan fingerprint density at radius 1 is 1.57 bits per heavy atom. The number of hydrogen-bond acceptors (Lipinski definition) is 6. The van der Waals surface area contributed by atoms with Crippen LogP contribution in [0.1, 0.15) is 5.56 Å². The average molecular weight is 298 g/mol. The first-order valence-electron chi connectivity index (χ1n) is 6.35. The number of ether oxygens (including phenoxy) is 2. The Labute approximate surface area is 120 Å². The Morgan fingerprint density at radius 3 is 3.00 bits per heavy atom. The first-order valence-corrected chi connectivity index (χ1v) is 6.35. The molecule has 0 spiro atoms. The summed E-state index contributed by atoms with van der Waals surface area (Å²) in [6.07, 6.45) is -0.688. The third-order valence-corrected chi connectivity index (χ3v) is 3.17. The lowest BCUT2D eigenvalue weighted by Gasteiger charge is -2.31. The van der Waals surface area contributed by atoms with E-state index in [1.165, 1.54) is 19.2 Å². The van der Waals surface area contributed by atoms with Crippen molar-refractivity contribution in [3.63, 3.8) is 0 Å². The topological polar surface area (TPSA) is 81.9 Å². The Hall–Kier alpha value is -2.06. The maximum Gasteiger partial charge on any atom is 0.336 e. The second kappa shape index (κ2) is 6.59. The minimum atomic E-state index is -0.688. The van der Waals surface area contributed by atoms with Gasteiger partial charge in [0.15, 0.2) is 6.10 Å². The number of methoxy groups -OCH3 is 1. The predicted molar refractivity (Wildman–Crippen MR) is 70.1 cm³/mol. The van der Waals surface area contributed by atoms with E-state index in [0.29, 0.717) is 31.8 Å². The first-order chi connectivity index (χ1) is 9.99. The number of nitro groups is 1. The van der Waals surface area contributed by atoms with Crippen molar-refractivity contribution >= 4 is 11.7 Å². The zero-order valence-electron chi connectivity index (χ0n) is 11.5. The highest BCUT2D eigenvalue weighted by atomic mass is 19.1. The van der Waals surface area contributed by atoms with E-state index in [4.69, 9.17) is 4.74 Å². The van der Waals surface area contributed by atoms with Gasteiger partial charge in [-0.1, -0.05) is 0 Å². The van der Waals surface area contributed by atoms with Crippen molar-refractivity contribution in [1.82, 2.24) is 4.90 Å². The Kier molecular flexibility index (Phi) is 4.81. The summed E-state index contributed by atoms with van der Waals surface area (Å²) in [5, 5.41) is 10.7. The highest BCUT2D eigenvalue weighted by molar-refractivity contribution is 5.74. The number of esters is 1. The van der Waals surface area contributed by atoms with Gasteiger partial charge in [-0.25, -0.2) is 9.18 Å². The summed E-state index contributed by atoms with van der Waals surface area (Å²) in [4.78, 5) is 23.4. The molecule has 0 radical (unpaired) electrons. The molecule has 0 bridgehead atoms. The van der Waals surface area contributed by atoms with Gasteiger partial charge in [-0.2, -0.15) is 0 Å². The van der Waals surface area contributed by atoms with E-state index in [1.54, 1.807) is 0 Å². The van der Waals surface area contributed by atoms with E-state index in [1.807, 2.05) is 4.90 Å². The van der Waals surface area contributed by atoms with E-state index >= 15 is 0 Å². The monoisotopic (exact) mass is 298 g/mol. The van der Waals surface area contributed by atoms with Crippen molar-refractivity contribution < 1.29 is 23.6 Å². The minimum Gasteiger partial charge on any atom is -0.467 e. The van der Waals surface area contributed by atoms with Crippen molar-refractivity contribution in [2.45, 2.75) is 12.6 Å². The van der Waals surface area contributed by atoms with Crippen LogP contribution in [-0.2, 0) is 20.8 Å². The molecule has 8 heteroatoms. The van der Waals surface area contributed by atoms with Crippen LogP contribution in [0.25, 0.3) is 0 Å². The highest BCUT2D eigenvalue weighted by Gasteiger charge is 2.27. The van der Waals surface area contributed by atoms with Crippen molar-refractivity contribution in [2.75, 3.05) is 26.8 Å². The van der Waals surface area contributed by atoms with E-state index in [2.05, 4.69) is 4.74 Å². The maximum absolute atomic E-state index is 13.4. The summed E-state index contributed by atoms with van der Waals surface area (Å²) < 4.78 is 23.3. The third kappa shape index (κ3) is 3.96. The molecule has 1 aliphatic rings. The molecular formula is C13H15FN2O5. The first kappa shape index (κ1) is 15.3. The number of halogens is 1. The lowest BCUT2D eigenvalue weighted by atomic mass is 10.1. The van der Waals surface area contributed by atoms with Crippen LogP contribution in [0.15, 0.2) is 18.2 Å². The van der Waals surface area contributed by atoms with Gasteiger partial charge in [-0.3, -0.25) is 15.0 Å². The number of morpholine rings is 1. The molecule has 1 fully saturated rings. The molecule has 2 rings (SSSR count). The van der Waals surface area contributed by atoms with Gasteiger partial charge in [-0.05, 0) is 11.6 Å². The Morgan fingerprint density at radius 2 is 2.33 bits per heavy atom. The van der Waals surface area contributed by atoms with Crippen LogP contribution in [0.3, 0.4) is 0 Å². The molecule has 0 saturated carbocycles. The number of nitrogens with zero attached hydrogens (tertiary/aromatic N) is 2. The number of carbonyl (C=O) groups excluding carboxylic acids is 1. The van der Waals surface area contributed by atoms with Crippen molar-refractivity contribution in [3.05, 3.63) is 39.7 Å². The van der Waals surface area contributed by atoms with Gasteiger partial charge >= 0.3 is 5.97 Å². The van der Waals surface area contributed by atoms with E-state index in [-0.39, 0.29) is 5.69 Å². The average Bonchev–Trinajstić information content (AvgIpc) is 2.46. The molecule has 0 amide bonds. The van der Waals surface area contributed by atoms with Gasteiger partial charge in [0.05, 0.1) is 24.7 Å². The summed E-state index contributed by atoms with van der Waals surface area (Å²) in [6, 6.07) is 3.45. The van der Waals surface area contributed by atoms with Crippen molar-refractivity contribution in [2.24, 2.45) is 0 Å². The number of hydrogen-bond donors (Lipinski definition) is 0. The molecule has 0 aromatic heterocycles. The third-order valence-electron chi connectivity index (χ3n) is 3.17. The van der Waals surface area contributed by atoms with Gasteiger partial charge < -0.3 is 9.47 Å².